The molecule has 1 aromatic carbocycles. The van der Waals surface area contributed by atoms with Crippen molar-refractivity contribution in [2.24, 2.45) is 0 Å². The van der Waals surface area contributed by atoms with Crippen LogP contribution in [-0.2, 0) is 10.0 Å². The lowest BCUT2D eigenvalue weighted by molar-refractivity contribution is 0.261. The standard InChI is InChI=1S/C14H16BrFN2O2S/c15-11-3-4-13(16)14(9-11)21(19,20)18-8-5-12(10-18)17-6-1-2-7-17/h1-4,9,12H,5-8,10H2/t12-/m1/s1. The zero-order valence-corrected chi connectivity index (χ0v) is 13.8. The first kappa shape index (κ1) is 15.1. The van der Waals surface area contributed by atoms with Gasteiger partial charge in [0.25, 0.3) is 0 Å². The largest absolute Gasteiger partial charge is 0.292 e. The summed E-state index contributed by atoms with van der Waals surface area (Å²) in [6.45, 7) is 2.60. The first-order valence-corrected chi connectivity index (χ1v) is 9.06. The van der Waals surface area contributed by atoms with Crippen LogP contribution in [0.4, 0.5) is 4.39 Å². The van der Waals surface area contributed by atoms with Crippen LogP contribution < -0.4 is 0 Å². The van der Waals surface area contributed by atoms with Crippen LogP contribution in [0.5, 0.6) is 0 Å². The predicted molar refractivity (Wildman–Crippen MR) is 82.0 cm³/mol. The van der Waals surface area contributed by atoms with Crippen molar-refractivity contribution in [3.8, 4) is 0 Å². The van der Waals surface area contributed by atoms with Crippen molar-refractivity contribution < 1.29 is 12.8 Å². The fourth-order valence-electron chi connectivity index (χ4n) is 2.83. The molecule has 0 bridgehead atoms. The Morgan fingerprint density at radius 3 is 2.67 bits per heavy atom. The lowest BCUT2D eigenvalue weighted by atomic mass is 10.2. The van der Waals surface area contributed by atoms with E-state index in [4.69, 9.17) is 0 Å². The van der Waals surface area contributed by atoms with E-state index in [0.29, 0.717) is 17.6 Å². The first-order valence-electron chi connectivity index (χ1n) is 6.83. The monoisotopic (exact) mass is 374 g/mol. The number of benzene rings is 1. The molecule has 1 fully saturated rings. The summed E-state index contributed by atoms with van der Waals surface area (Å²) in [6, 6.07) is 4.21. The molecule has 0 spiro atoms. The van der Waals surface area contributed by atoms with Gasteiger partial charge in [-0.25, -0.2) is 12.8 Å². The van der Waals surface area contributed by atoms with Gasteiger partial charge in [0.2, 0.25) is 10.0 Å². The molecule has 21 heavy (non-hydrogen) atoms. The number of nitrogens with zero attached hydrogens (tertiary/aromatic N) is 2. The third-order valence-electron chi connectivity index (χ3n) is 4.00. The fraction of sp³-hybridized carbons (Fsp3) is 0.429. The molecule has 7 heteroatoms. The minimum absolute atomic E-state index is 0.213. The molecule has 0 unspecified atom stereocenters. The predicted octanol–water partition coefficient (Wildman–Crippen LogP) is 2.22. The third kappa shape index (κ3) is 2.92. The maximum Gasteiger partial charge on any atom is 0.246 e. The van der Waals surface area contributed by atoms with Gasteiger partial charge >= 0.3 is 0 Å². The van der Waals surface area contributed by atoms with Crippen LogP contribution in [0.15, 0.2) is 39.7 Å². The smallest absolute Gasteiger partial charge is 0.246 e. The molecule has 3 rings (SSSR count). The van der Waals surface area contributed by atoms with Gasteiger partial charge in [0.05, 0.1) is 0 Å². The number of sulfonamides is 1. The molecular weight excluding hydrogens is 359 g/mol. The molecule has 4 nitrogen and oxygen atoms in total. The Hall–Kier alpha value is -0.760. The van der Waals surface area contributed by atoms with E-state index in [-0.39, 0.29) is 10.9 Å². The van der Waals surface area contributed by atoms with Crippen molar-refractivity contribution in [3.63, 3.8) is 0 Å². The summed E-state index contributed by atoms with van der Waals surface area (Å²) in [5, 5.41) is 0. The molecule has 2 heterocycles. The highest BCUT2D eigenvalue weighted by atomic mass is 79.9. The zero-order valence-electron chi connectivity index (χ0n) is 11.4. The van der Waals surface area contributed by atoms with Gasteiger partial charge in [-0.15, -0.1) is 0 Å². The van der Waals surface area contributed by atoms with Gasteiger partial charge in [-0.3, -0.25) is 4.90 Å². The SMILES string of the molecule is O=S(=O)(c1cc(Br)ccc1F)N1CC[C@@H](N2CC=CC2)C1. The number of hydrogen-bond acceptors (Lipinski definition) is 3. The summed E-state index contributed by atoms with van der Waals surface area (Å²) in [4.78, 5) is 1.99. The maximum absolute atomic E-state index is 13.9. The highest BCUT2D eigenvalue weighted by Gasteiger charge is 2.36. The molecule has 0 radical (unpaired) electrons. The van der Waals surface area contributed by atoms with Crippen LogP contribution in [0, 0.1) is 5.82 Å². The van der Waals surface area contributed by atoms with E-state index in [1.54, 1.807) is 0 Å². The van der Waals surface area contributed by atoms with Gasteiger partial charge in [0.1, 0.15) is 10.7 Å². The van der Waals surface area contributed by atoms with Crippen LogP contribution in [-0.4, -0.2) is 49.8 Å². The average Bonchev–Trinajstić information content (AvgIpc) is 3.11. The summed E-state index contributed by atoms with van der Waals surface area (Å²) in [6.07, 6.45) is 4.97. The van der Waals surface area contributed by atoms with E-state index in [2.05, 4.69) is 33.0 Å². The Morgan fingerprint density at radius 2 is 1.95 bits per heavy atom. The molecule has 1 saturated heterocycles. The van der Waals surface area contributed by atoms with Crippen LogP contribution in [0.25, 0.3) is 0 Å². The maximum atomic E-state index is 13.9. The van der Waals surface area contributed by atoms with Gasteiger partial charge in [0, 0.05) is 36.7 Å². The molecule has 1 aromatic rings. The minimum atomic E-state index is -3.77. The molecule has 2 aliphatic heterocycles. The Bertz CT molecular complexity index is 670. The van der Waals surface area contributed by atoms with E-state index in [1.165, 1.54) is 22.5 Å². The summed E-state index contributed by atoms with van der Waals surface area (Å²) in [5.74, 6) is -0.704. The molecule has 0 amide bonds. The number of hydrogen-bond donors (Lipinski definition) is 0. The Morgan fingerprint density at radius 1 is 1.24 bits per heavy atom. The second kappa shape index (κ2) is 5.79. The highest BCUT2D eigenvalue weighted by molar-refractivity contribution is 9.10. The van der Waals surface area contributed by atoms with Gasteiger partial charge in [-0.05, 0) is 24.6 Å². The summed E-state index contributed by atoms with van der Waals surface area (Å²) >= 11 is 3.20. The molecule has 114 valence electrons. The van der Waals surface area contributed by atoms with E-state index >= 15 is 0 Å². The van der Waals surface area contributed by atoms with Crippen LogP contribution >= 0.6 is 15.9 Å². The minimum Gasteiger partial charge on any atom is -0.292 e. The van der Waals surface area contributed by atoms with E-state index in [0.717, 1.165) is 19.5 Å². The molecule has 0 aromatic heterocycles. The molecule has 0 saturated carbocycles. The summed E-state index contributed by atoms with van der Waals surface area (Å²) in [5.41, 5.74) is 0. The van der Waals surface area contributed by atoms with Crippen molar-refractivity contribution in [3.05, 3.63) is 40.6 Å². The van der Waals surface area contributed by atoms with Crippen LogP contribution in [0.1, 0.15) is 6.42 Å². The fourth-order valence-corrected chi connectivity index (χ4v) is 4.93. The molecule has 2 aliphatic rings. The topological polar surface area (TPSA) is 40.6 Å². The molecule has 1 atom stereocenters. The van der Waals surface area contributed by atoms with Crippen molar-refractivity contribution >= 4 is 26.0 Å². The Kier molecular flexibility index (Phi) is 4.18. The molecular formula is C14H16BrFN2O2S. The van der Waals surface area contributed by atoms with Gasteiger partial charge < -0.3 is 0 Å². The van der Waals surface area contributed by atoms with Gasteiger partial charge in [-0.1, -0.05) is 28.1 Å². The van der Waals surface area contributed by atoms with Crippen LogP contribution in [0.2, 0.25) is 0 Å². The van der Waals surface area contributed by atoms with E-state index < -0.39 is 15.8 Å². The highest BCUT2D eigenvalue weighted by Crippen LogP contribution is 2.27. The van der Waals surface area contributed by atoms with Gasteiger partial charge in [-0.2, -0.15) is 4.31 Å². The lowest BCUT2D eigenvalue weighted by Crippen LogP contribution is -2.37. The van der Waals surface area contributed by atoms with Crippen LogP contribution in [0.3, 0.4) is 0 Å². The average molecular weight is 375 g/mol. The van der Waals surface area contributed by atoms with Crippen molar-refractivity contribution in [1.82, 2.24) is 9.21 Å². The zero-order chi connectivity index (χ0) is 15.0. The molecule has 0 aliphatic carbocycles. The summed E-state index contributed by atoms with van der Waals surface area (Å²) < 4.78 is 41.0. The second-order valence-corrected chi connectivity index (χ2v) is 8.13. The Balaban J connectivity index is 1.81. The second-order valence-electron chi connectivity index (χ2n) is 5.31. The van der Waals surface area contributed by atoms with Crippen molar-refractivity contribution in [2.45, 2.75) is 17.4 Å². The quantitative estimate of drug-likeness (QED) is 0.761. The Labute approximate surface area is 132 Å². The molecule has 0 N–H and O–H groups in total. The lowest BCUT2D eigenvalue weighted by Gasteiger charge is -2.23. The van der Waals surface area contributed by atoms with Gasteiger partial charge in [0.15, 0.2) is 0 Å². The number of halogens is 2. The van der Waals surface area contributed by atoms with Crippen molar-refractivity contribution in [1.29, 1.82) is 0 Å². The third-order valence-corrected chi connectivity index (χ3v) is 6.37. The van der Waals surface area contributed by atoms with Crippen molar-refractivity contribution in [2.75, 3.05) is 26.2 Å². The normalized spacial score (nSPS) is 24.0. The van der Waals surface area contributed by atoms with E-state index in [1.807, 2.05) is 0 Å². The number of rotatable bonds is 3. The first-order chi connectivity index (χ1) is 9.98. The van der Waals surface area contributed by atoms with E-state index in [9.17, 15) is 12.8 Å². The summed E-state index contributed by atoms with van der Waals surface area (Å²) in [7, 11) is -3.77.